The van der Waals surface area contributed by atoms with Crippen LogP contribution in [0.5, 0.6) is 5.75 Å². The number of benzene rings is 1. The van der Waals surface area contributed by atoms with Crippen LogP contribution in [0, 0.1) is 0 Å². The van der Waals surface area contributed by atoms with Crippen LogP contribution in [0.3, 0.4) is 0 Å². The van der Waals surface area contributed by atoms with Crippen LogP contribution in [0.15, 0.2) is 18.2 Å². The van der Waals surface area contributed by atoms with Gasteiger partial charge in [0.2, 0.25) is 10.0 Å². The lowest BCUT2D eigenvalue weighted by Crippen LogP contribution is -2.25. The van der Waals surface area contributed by atoms with Gasteiger partial charge in [-0.05, 0) is 25.5 Å². The molecule has 1 aliphatic rings. The molecule has 0 saturated carbocycles. The van der Waals surface area contributed by atoms with Gasteiger partial charge in [0.05, 0.1) is 30.7 Å². The van der Waals surface area contributed by atoms with E-state index >= 15 is 0 Å². The van der Waals surface area contributed by atoms with Gasteiger partial charge in [0.1, 0.15) is 5.75 Å². The van der Waals surface area contributed by atoms with Crippen molar-refractivity contribution in [1.29, 1.82) is 0 Å². The molecule has 0 bridgehead atoms. The van der Waals surface area contributed by atoms with Crippen LogP contribution in [0.25, 0.3) is 0 Å². The van der Waals surface area contributed by atoms with Gasteiger partial charge < -0.3 is 9.47 Å². The van der Waals surface area contributed by atoms with Gasteiger partial charge in [0, 0.05) is 12.6 Å². The highest BCUT2D eigenvalue weighted by atomic mass is 32.2. The standard InChI is InChI=1S/C13H17NO5S/c1-3-19-12-8-10(13(15)18-2)7-11(9-12)14-5-4-6-20(14,16)17/h7-9H,3-6H2,1-2H3. The molecule has 0 radical (unpaired) electrons. The largest absolute Gasteiger partial charge is 0.494 e. The number of hydrogen-bond acceptors (Lipinski definition) is 5. The summed E-state index contributed by atoms with van der Waals surface area (Å²) in [4.78, 5) is 11.7. The summed E-state index contributed by atoms with van der Waals surface area (Å²) < 4.78 is 35.3. The maximum Gasteiger partial charge on any atom is 0.338 e. The minimum atomic E-state index is -3.30. The summed E-state index contributed by atoms with van der Waals surface area (Å²) in [6.07, 6.45) is 0.578. The quantitative estimate of drug-likeness (QED) is 0.786. The van der Waals surface area contributed by atoms with E-state index in [-0.39, 0.29) is 11.3 Å². The monoisotopic (exact) mass is 299 g/mol. The van der Waals surface area contributed by atoms with Crippen molar-refractivity contribution in [2.75, 3.05) is 30.3 Å². The van der Waals surface area contributed by atoms with Crippen molar-refractivity contribution in [3.63, 3.8) is 0 Å². The van der Waals surface area contributed by atoms with Gasteiger partial charge in [0.15, 0.2) is 0 Å². The summed E-state index contributed by atoms with van der Waals surface area (Å²) in [5.41, 5.74) is 0.712. The Labute approximate surface area is 118 Å². The molecule has 1 aromatic carbocycles. The first kappa shape index (κ1) is 14.6. The Kier molecular flexibility index (Phi) is 4.17. The van der Waals surface area contributed by atoms with Gasteiger partial charge >= 0.3 is 5.97 Å². The highest BCUT2D eigenvalue weighted by molar-refractivity contribution is 7.93. The predicted molar refractivity (Wildman–Crippen MR) is 74.7 cm³/mol. The van der Waals surface area contributed by atoms with Crippen LogP contribution in [0.4, 0.5) is 5.69 Å². The fraction of sp³-hybridized carbons (Fsp3) is 0.462. The van der Waals surface area contributed by atoms with Gasteiger partial charge in [-0.2, -0.15) is 0 Å². The van der Waals surface area contributed by atoms with E-state index in [1.54, 1.807) is 12.1 Å². The number of carbonyl (C=O) groups is 1. The van der Waals surface area contributed by atoms with Crippen LogP contribution in [-0.4, -0.2) is 40.4 Å². The second-order valence-electron chi connectivity index (χ2n) is 4.38. The van der Waals surface area contributed by atoms with E-state index in [0.29, 0.717) is 31.0 Å². The summed E-state index contributed by atoms with van der Waals surface area (Å²) in [7, 11) is -2.02. The zero-order valence-corrected chi connectivity index (χ0v) is 12.3. The molecule has 0 N–H and O–H groups in total. The zero-order chi connectivity index (χ0) is 14.8. The number of carbonyl (C=O) groups excluding carboxylic acids is 1. The second-order valence-corrected chi connectivity index (χ2v) is 6.39. The molecule has 0 spiro atoms. The van der Waals surface area contributed by atoms with E-state index in [1.807, 2.05) is 6.92 Å². The molecule has 110 valence electrons. The SMILES string of the molecule is CCOc1cc(C(=O)OC)cc(N2CCCS2(=O)=O)c1. The third-order valence-electron chi connectivity index (χ3n) is 3.01. The van der Waals surface area contributed by atoms with Crippen molar-refractivity contribution < 1.29 is 22.7 Å². The fourth-order valence-corrected chi connectivity index (χ4v) is 3.69. The molecule has 7 heteroatoms. The average Bonchev–Trinajstić information content (AvgIpc) is 2.77. The molecule has 0 atom stereocenters. The Hall–Kier alpha value is -1.76. The van der Waals surface area contributed by atoms with E-state index in [1.165, 1.54) is 17.5 Å². The number of sulfonamides is 1. The number of esters is 1. The number of nitrogens with zero attached hydrogens (tertiary/aromatic N) is 1. The second kappa shape index (κ2) is 5.70. The van der Waals surface area contributed by atoms with Crippen molar-refractivity contribution in [1.82, 2.24) is 0 Å². The van der Waals surface area contributed by atoms with Crippen molar-refractivity contribution in [3.05, 3.63) is 23.8 Å². The summed E-state index contributed by atoms with van der Waals surface area (Å²) in [5.74, 6) is 0.0521. The lowest BCUT2D eigenvalue weighted by atomic mass is 10.2. The molecular weight excluding hydrogens is 282 g/mol. The Morgan fingerprint density at radius 3 is 2.65 bits per heavy atom. The number of anilines is 1. The third kappa shape index (κ3) is 2.87. The Morgan fingerprint density at radius 1 is 1.35 bits per heavy atom. The summed E-state index contributed by atoms with van der Waals surface area (Å²) >= 11 is 0. The van der Waals surface area contributed by atoms with E-state index in [9.17, 15) is 13.2 Å². The molecular formula is C13H17NO5S. The van der Waals surface area contributed by atoms with Crippen molar-refractivity contribution >= 4 is 21.7 Å². The summed E-state index contributed by atoms with van der Waals surface area (Å²) in [6, 6.07) is 4.68. The van der Waals surface area contributed by atoms with Gasteiger partial charge in [-0.1, -0.05) is 0 Å². The van der Waals surface area contributed by atoms with Gasteiger partial charge in [0.25, 0.3) is 0 Å². The van der Waals surface area contributed by atoms with Crippen molar-refractivity contribution in [2.24, 2.45) is 0 Å². The summed E-state index contributed by atoms with van der Waals surface area (Å²) in [5, 5.41) is 0. The normalized spacial score (nSPS) is 17.0. The maximum atomic E-state index is 12.0. The molecule has 0 amide bonds. The minimum Gasteiger partial charge on any atom is -0.494 e. The highest BCUT2D eigenvalue weighted by Gasteiger charge is 2.29. The van der Waals surface area contributed by atoms with Crippen LogP contribution >= 0.6 is 0 Å². The smallest absolute Gasteiger partial charge is 0.338 e. The van der Waals surface area contributed by atoms with Crippen molar-refractivity contribution in [2.45, 2.75) is 13.3 Å². The molecule has 0 aliphatic carbocycles. The minimum absolute atomic E-state index is 0.124. The molecule has 0 aromatic heterocycles. The molecule has 1 aromatic rings. The average molecular weight is 299 g/mol. The molecule has 1 heterocycles. The van der Waals surface area contributed by atoms with Gasteiger partial charge in [-0.3, -0.25) is 4.31 Å². The number of hydrogen-bond donors (Lipinski definition) is 0. The summed E-state index contributed by atoms with van der Waals surface area (Å²) in [6.45, 7) is 2.66. The Bertz CT molecular complexity index is 611. The maximum absolute atomic E-state index is 12.0. The van der Waals surface area contributed by atoms with Crippen molar-refractivity contribution in [3.8, 4) is 5.75 Å². The lowest BCUT2D eigenvalue weighted by molar-refractivity contribution is 0.0600. The molecule has 1 aliphatic heterocycles. The van der Waals surface area contributed by atoms with E-state index < -0.39 is 16.0 Å². The van der Waals surface area contributed by atoms with E-state index in [2.05, 4.69) is 4.74 Å². The topological polar surface area (TPSA) is 72.9 Å². The van der Waals surface area contributed by atoms with Gasteiger partial charge in [-0.15, -0.1) is 0 Å². The van der Waals surface area contributed by atoms with Crippen LogP contribution < -0.4 is 9.04 Å². The number of rotatable bonds is 4. The lowest BCUT2D eigenvalue weighted by Gasteiger charge is -2.18. The van der Waals surface area contributed by atoms with Crippen LogP contribution in [-0.2, 0) is 14.8 Å². The molecule has 20 heavy (non-hydrogen) atoms. The first-order valence-electron chi connectivity index (χ1n) is 6.34. The molecule has 1 fully saturated rings. The molecule has 6 nitrogen and oxygen atoms in total. The molecule has 0 unspecified atom stereocenters. The predicted octanol–water partition coefficient (Wildman–Crippen LogP) is 1.41. The Morgan fingerprint density at radius 2 is 2.10 bits per heavy atom. The first-order chi connectivity index (χ1) is 9.47. The third-order valence-corrected chi connectivity index (χ3v) is 4.88. The molecule has 2 rings (SSSR count). The Balaban J connectivity index is 2.46. The van der Waals surface area contributed by atoms with Crippen LogP contribution in [0.1, 0.15) is 23.7 Å². The van der Waals surface area contributed by atoms with E-state index in [0.717, 1.165) is 0 Å². The molecule has 1 saturated heterocycles. The van der Waals surface area contributed by atoms with Gasteiger partial charge in [-0.25, -0.2) is 13.2 Å². The van der Waals surface area contributed by atoms with E-state index in [4.69, 9.17) is 4.74 Å². The number of ether oxygens (including phenoxy) is 2. The zero-order valence-electron chi connectivity index (χ0n) is 11.5. The fourth-order valence-electron chi connectivity index (χ4n) is 2.14. The first-order valence-corrected chi connectivity index (χ1v) is 7.95. The number of methoxy groups -OCH3 is 1. The van der Waals surface area contributed by atoms with Crippen LogP contribution in [0.2, 0.25) is 0 Å². The highest BCUT2D eigenvalue weighted by Crippen LogP contribution is 2.29.